The number of carbonyl (C=O) groups is 1. The van der Waals surface area contributed by atoms with Crippen LogP contribution in [-0.2, 0) is 4.74 Å². The molecule has 1 aliphatic rings. The van der Waals surface area contributed by atoms with E-state index >= 15 is 0 Å². The lowest BCUT2D eigenvalue weighted by Gasteiger charge is -2.22. The van der Waals surface area contributed by atoms with Crippen LogP contribution in [0.1, 0.15) is 29.6 Å². The lowest BCUT2D eigenvalue weighted by molar-refractivity contribution is 0.0168. The highest BCUT2D eigenvalue weighted by Crippen LogP contribution is 2.14. The van der Waals surface area contributed by atoms with Crippen LogP contribution in [0.5, 0.6) is 0 Å². The number of nitrogen functional groups attached to an aromatic ring is 1. The van der Waals surface area contributed by atoms with Crippen LogP contribution in [-0.4, -0.2) is 25.2 Å². The van der Waals surface area contributed by atoms with Gasteiger partial charge in [-0.15, -0.1) is 0 Å². The molecule has 1 aliphatic heterocycles. The van der Waals surface area contributed by atoms with Crippen molar-refractivity contribution < 1.29 is 13.9 Å². The van der Waals surface area contributed by atoms with Gasteiger partial charge in [0.05, 0.1) is 11.7 Å². The van der Waals surface area contributed by atoms with Crippen molar-refractivity contribution in [2.24, 2.45) is 0 Å². The van der Waals surface area contributed by atoms with Gasteiger partial charge < -0.3 is 15.8 Å². The lowest BCUT2D eigenvalue weighted by atomic mass is 10.1. The summed E-state index contributed by atoms with van der Waals surface area (Å²) in [5.74, 6) is -1.01. The van der Waals surface area contributed by atoms with Crippen molar-refractivity contribution in [3.05, 3.63) is 29.6 Å². The molecule has 2 rings (SSSR count). The van der Waals surface area contributed by atoms with Crippen molar-refractivity contribution in [2.75, 3.05) is 18.9 Å². The smallest absolute Gasteiger partial charge is 0.254 e. The van der Waals surface area contributed by atoms with E-state index in [4.69, 9.17) is 10.5 Å². The maximum absolute atomic E-state index is 13.4. The first kappa shape index (κ1) is 12.8. The molecule has 1 amide bonds. The van der Waals surface area contributed by atoms with Crippen LogP contribution in [0.15, 0.2) is 18.2 Å². The van der Waals surface area contributed by atoms with Gasteiger partial charge in [-0.3, -0.25) is 4.79 Å². The van der Waals surface area contributed by atoms with Crippen LogP contribution in [0, 0.1) is 5.82 Å². The monoisotopic (exact) mass is 252 g/mol. The van der Waals surface area contributed by atoms with Gasteiger partial charge in [0.1, 0.15) is 5.82 Å². The molecule has 0 saturated carbocycles. The molecule has 0 radical (unpaired) electrons. The first-order valence-electron chi connectivity index (χ1n) is 6.11. The fourth-order valence-corrected chi connectivity index (χ4v) is 1.99. The van der Waals surface area contributed by atoms with Gasteiger partial charge in [0, 0.05) is 18.8 Å². The minimum atomic E-state index is -0.564. The average molecular weight is 252 g/mol. The van der Waals surface area contributed by atoms with Gasteiger partial charge in [0.25, 0.3) is 5.91 Å². The fraction of sp³-hybridized carbons (Fsp3) is 0.462. The summed E-state index contributed by atoms with van der Waals surface area (Å²) in [7, 11) is 0. The molecule has 0 spiro atoms. The van der Waals surface area contributed by atoms with Crippen LogP contribution in [0.3, 0.4) is 0 Å². The van der Waals surface area contributed by atoms with Crippen molar-refractivity contribution >= 4 is 11.6 Å². The number of ether oxygens (including phenoxy) is 1. The summed E-state index contributed by atoms with van der Waals surface area (Å²) in [5, 5.41) is 2.68. The summed E-state index contributed by atoms with van der Waals surface area (Å²) < 4.78 is 18.9. The number of rotatable bonds is 3. The Labute approximate surface area is 105 Å². The molecule has 1 atom stereocenters. The average Bonchev–Trinajstić information content (AvgIpc) is 2.40. The van der Waals surface area contributed by atoms with Crippen molar-refractivity contribution in [3.8, 4) is 0 Å². The van der Waals surface area contributed by atoms with Gasteiger partial charge >= 0.3 is 0 Å². The first-order chi connectivity index (χ1) is 8.66. The topological polar surface area (TPSA) is 64.4 Å². The molecule has 0 bridgehead atoms. The standard InChI is InChI=1S/C13H17FN2O2/c14-12-5-4-9(15)7-11(12)13(17)16-8-10-3-1-2-6-18-10/h4-5,7,10H,1-3,6,8,15H2,(H,16,17). The lowest BCUT2D eigenvalue weighted by Crippen LogP contribution is -2.35. The van der Waals surface area contributed by atoms with Crippen LogP contribution in [0.25, 0.3) is 0 Å². The normalized spacial score (nSPS) is 19.5. The highest BCUT2D eigenvalue weighted by molar-refractivity contribution is 5.95. The maximum atomic E-state index is 13.4. The Balaban J connectivity index is 1.92. The van der Waals surface area contributed by atoms with E-state index in [0.717, 1.165) is 25.9 Å². The van der Waals surface area contributed by atoms with Crippen molar-refractivity contribution in [3.63, 3.8) is 0 Å². The summed E-state index contributed by atoms with van der Waals surface area (Å²) >= 11 is 0. The van der Waals surface area contributed by atoms with Crippen LogP contribution >= 0.6 is 0 Å². The summed E-state index contributed by atoms with van der Waals surface area (Å²) in [5.41, 5.74) is 5.88. The molecule has 0 aliphatic carbocycles. The molecule has 3 N–H and O–H groups in total. The number of hydrogen-bond acceptors (Lipinski definition) is 3. The molecular weight excluding hydrogens is 235 g/mol. The second-order valence-electron chi connectivity index (χ2n) is 4.44. The molecule has 0 aromatic heterocycles. The second kappa shape index (κ2) is 5.82. The molecule has 1 fully saturated rings. The van der Waals surface area contributed by atoms with Crippen molar-refractivity contribution in [1.82, 2.24) is 5.32 Å². The Bertz CT molecular complexity index is 431. The van der Waals surface area contributed by atoms with E-state index in [1.165, 1.54) is 18.2 Å². The molecule has 1 saturated heterocycles. The number of anilines is 1. The molecule has 98 valence electrons. The number of halogens is 1. The van der Waals surface area contributed by atoms with Crippen LogP contribution < -0.4 is 11.1 Å². The van der Waals surface area contributed by atoms with E-state index in [2.05, 4.69) is 5.32 Å². The Hall–Kier alpha value is -1.62. The second-order valence-corrected chi connectivity index (χ2v) is 4.44. The number of carbonyl (C=O) groups excluding carboxylic acids is 1. The van der Waals surface area contributed by atoms with Gasteiger partial charge in [-0.05, 0) is 37.5 Å². The minimum absolute atomic E-state index is 0.0224. The number of amides is 1. The van der Waals surface area contributed by atoms with Crippen LogP contribution in [0.2, 0.25) is 0 Å². The largest absolute Gasteiger partial charge is 0.399 e. The van der Waals surface area contributed by atoms with Crippen molar-refractivity contribution in [2.45, 2.75) is 25.4 Å². The Morgan fingerprint density at radius 3 is 3.06 bits per heavy atom. The Morgan fingerprint density at radius 2 is 2.33 bits per heavy atom. The molecule has 1 unspecified atom stereocenters. The van der Waals surface area contributed by atoms with E-state index in [1.54, 1.807) is 0 Å². The summed E-state index contributed by atoms with van der Waals surface area (Å²) in [4.78, 5) is 11.8. The predicted octanol–water partition coefficient (Wildman–Crippen LogP) is 1.71. The highest BCUT2D eigenvalue weighted by Gasteiger charge is 2.17. The van der Waals surface area contributed by atoms with Gasteiger partial charge in [-0.1, -0.05) is 0 Å². The Morgan fingerprint density at radius 1 is 1.50 bits per heavy atom. The van der Waals surface area contributed by atoms with Crippen LogP contribution in [0.4, 0.5) is 10.1 Å². The summed E-state index contributed by atoms with van der Waals surface area (Å²) in [6.07, 6.45) is 3.13. The van der Waals surface area contributed by atoms with Gasteiger partial charge in [-0.2, -0.15) is 0 Å². The fourth-order valence-electron chi connectivity index (χ4n) is 1.99. The third-order valence-electron chi connectivity index (χ3n) is 3.00. The molecular formula is C13H17FN2O2. The number of benzene rings is 1. The molecule has 18 heavy (non-hydrogen) atoms. The number of nitrogens with two attached hydrogens (primary N) is 1. The zero-order chi connectivity index (χ0) is 13.0. The summed E-state index contributed by atoms with van der Waals surface area (Å²) in [6, 6.07) is 3.96. The zero-order valence-electron chi connectivity index (χ0n) is 10.1. The van der Waals surface area contributed by atoms with E-state index in [9.17, 15) is 9.18 Å². The van der Waals surface area contributed by atoms with Gasteiger partial charge in [0.2, 0.25) is 0 Å². The molecule has 4 nitrogen and oxygen atoms in total. The minimum Gasteiger partial charge on any atom is -0.399 e. The number of hydrogen-bond donors (Lipinski definition) is 2. The quantitative estimate of drug-likeness (QED) is 0.805. The molecule has 1 aromatic carbocycles. The maximum Gasteiger partial charge on any atom is 0.254 e. The van der Waals surface area contributed by atoms with E-state index < -0.39 is 11.7 Å². The van der Waals surface area contributed by atoms with Crippen molar-refractivity contribution in [1.29, 1.82) is 0 Å². The molecule has 1 aromatic rings. The van der Waals surface area contributed by atoms with Gasteiger partial charge in [0.15, 0.2) is 0 Å². The van der Waals surface area contributed by atoms with E-state index in [1.807, 2.05) is 0 Å². The van der Waals surface area contributed by atoms with E-state index in [-0.39, 0.29) is 11.7 Å². The third kappa shape index (κ3) is 3.20. The van der Waals surface area contributed by atoms with E-state index in [0.29, 0.717) is 12.2 Å². The highest BCUT2D eigenvalue weighted by atomic mass is 19.1. The predicted molar refractivity (Wildman–Crippen MR) is 66.7 cm³/mol. The molecule has 5 heteroatoms. The number of nitrogens with one attached hydrogen (secondary N) is 1. The molecule has 1 heterocycles. The Kier molecular flexibility index (Phi) is 4.15. The zero-order valence-corrected chi connectivity index (χ0v) is 10.1. The van der Waals surface area contributed by atoms with Gasteiger partial charge in [-0.25, -0.2) is 4.39 Å². The summed E-state index contributed by atoms with van der Waals surface area (Å²) in [6.45, 7) is 1.14. The first-order valence-corrected chi connectivity index (χ1v) is 6.11. The third-order valence-corrected chi connectivity index (χ3v) is 3.00. The SMILES string of the molecule is Nc1ccc(F)c(C(=O)NCC2CCCCO2)c1.